The van der Waals surface area contributed by atoms with Crippen molar-refractivity contribution in [3.05, 3.63) is 57.5 Å². The van der Waals surface area contributed by atoms with Crippen molar-refractivity contribution in [3.63, 3.8) is 0 Å². The minimum atomic E-state index is -0.370. The Labute approximate surface area is 185 Å². The lowest BCUT2D eigenvalue weighted by Gasteiger charge is -2.43. The van der Waals surface area contributed by atoms with Crippen LogP contribution in [0.25, 0.3) is 0 Å². The lowest BCUT2D eigenvalue weighted by atomic mass is 9.82. The molecule has 0 spiro atoms. The summed E-state index contributed by atoms with van der Waals surface area (Å²) in [6.07, 6.45) is 1.19. The van der Waals surface area contributed by atoms with Crippen LogP contribution >= 0.6 is 11.6 Å². The molecule has 3 aliphatic rings. The van der Waals surface area contributed by atoms with Gasteiger partial charge in [0.15, 0.2) is 0 Å². The zero-order valence-corrected chi connectivity index (χ0v) is 18.0. The van der Waals surface area contributed by atoms with Crippen LogP contribution in [-0.2, 0) is 16.1 Å². The quantitative estimate of drug-likeness (QED) is 0.733. The van der Waals surface area contributed by atoms with E-state index in [2.05, 4.69) is 0 Å². The molecule has 2 bridgehead atoms. The number of aromatic nitrogens is 1. The zero-order valence-electron chi connectivity index (χ0n) is 17.3. The van der Waals surface area contributed by atoms with Crippen molar-refractivity contribution < 1.29 is 14.3 Å². The van der Waals surface area contributed by atoms with Crippen LogP contribution < -0.4 is 15.2 Å². The van der Waals surface area contributed by atoms with Gasteiger partial charge in [-0.15, -0.1) is 0 Å². The Balaban J connectivity index is 1.32. The first-order valence-electron chi connectivity index (χ1n) is 10.6. The third-order valence-corrected chi connectivity index (χ3v) is 7.01. The maximum Gasteiger partial charge on any atom is 0.250 e. The predicted molar refractivity (Wildman–Crippen MR) is 117 cm³/mol. The highest BCUT2D eigenvalue weighted by molar-refractivity contribution is 6.32. The van der Waals surface area contributed by atoms with Gasteiger partial charge in [0.25, 0.3) is 5.56 Å². The van der Waals surface area contributed by atoms with Gasteiger partial charge in [-0.05, 0) is 36.6 Å². The molecule has 0 N–H and O–H groups in total. The van der Waals surface area contributed by atoms with Crippen molar-refractivity contribution in [1.29, 1.82) is 0 Å². The fraction of sp³-hybridized carbons (Fsp3) is 0.435. The minimum absolute atomic E-state index is 0.0249. The number of carbonyl (C=O) groups excluding carboxylic acids is 2. The first-order valence-corrected chi connectivity index (χ1v) is 10.9. The van der Waals surface area contributed by atoms with Crippen LogP contribution in [-0.4, -0.2) is 48.0 Å². The molecule has 1 aromatic carbocycles. The molecule has 162 valence electrons. The van der Waals surface area contributed by atoms with E-state index >= 15 is 0 Å². The van der Waals surface area contributed by atoms with Crippen LogP contribution in [0.2, 0.25) is 5.02 Å². The molecule has 3 atom stereocenters. The van der Waals surface area contributed by atoms with E-state index in [-0.39, 0.29) is 41.5 Å². The summed E-state index contributed by atoms with van der Waals surface area (Å²) >= 11 is 6.22. The number of benzene rings is 1. The number of rotatable bonds is 3. The molecule has 2 saturated heterocycles. The van der Waals surface area contributed by atoms with E-state index < -0.39 is 0 Å². The summed E-state index contributed by atoms with van der Waals surface area (Å²) < 4.78 is 7.04. The molecule has 0 saturated carbocycles. The molecule has 7 nitrogen and oxygen atoms in total. The van der Waals surface area contributed by atoms with Crippen LogP contribution in [0.4, 0.5) is 5.69 Å². The van der Waals surface area contributed by atoms with E-state index in [9.17, 15) is 14.4 Å². The minimum Gasteiger partial charge on any atom is -0.495 e. The molecule has 0 aliphatic carbocycles. The number of pyridine rings is 1. The molecule has 0 unspecified atom stereocenters. The molecule has 1 aromatic heterocycles. The van der Waals surface area contributed by atoms with Gasteiger partial charge in [0.1, 0.15) is 5.75 Å². The van der Waals surface area contributed by atoms with Gasteiger partial charge in [-0.3, -0.25) is 14.4 Å². The Morgan fingerprint density at radius 2 is 1.94 bits per heavy atom. The van der Waals surface area contributed by atoms with Crippen LogP contribution in [0.1, 0.15) is 24.5 Å². The summed E-state index contributed by atoms with van der Waals surface area (Å²) in [5.74, 6) is 0.558. The fourth-order valence-electron chi connectivity index (χ4n) is 5.28. The Morgan fingerprint density at radius 1 is 1.10 bits per heavy atom. The highest BCUT2D eigenvalue weighted by atomic mass is 35.5. The summed E-state index contributed by atoms with van der Waals surface area (Å²) in [4.78, 5) is 41.8. The van der Waals surface area contributed by atoms with Gasteiger partial charge in [0.05, 0.1) is 18.1 Å². The van der Waals surface area contributed by atoms with Crippen molar-refractivity contribution in [3.8, 4) is 5.75 Å². The molecule has 2 fully saturated rings. The number of anilines is 1. The zero-order chi connectivity index (χ0) is 21.7. The van der Waals surface area contributed by atoms with Crippen molar-refractivity contribution >= 4 is 29.1 Å². The van der Waals surface area contributed by atoms with E-state index in [1.165, 1.54) is 0 Å². The molecular formula is C23H24ClN3O4. The van der Waals surface area contributed by atoms with E-state index in [4.69, 9.17) is 16.3 Å². The number of piperidine rings is 1. The average Bonchev–Trinajstić information content (AvgIpc) is 3.15. The molecule has 4 heterocycles. The third-order valence-electron chi connectivity index (χ3n) is 6.71. The predicted octanol–water partition coefficient (Wildman–Crippen LogP) is 2.51. The Hall–Kier alpha value is -2.80. The second-order valence-corrected chi connectivity index (χ2v) is 9.07. The number of likely N-dealkylation sites (tertiary alicyclic amines) is 1. The Bertz CT molecular complexity index is 1110. The van der Waals surface area contributed by atoms with Crippen molar-refractivity contribution in [1.82, 2.24) is 9.47 Å². The maximum atomic E-state index is 13.3. The van der Waals surface area contributed by atoms with Crippen LogP contribution in [0, 0.1) is 11.8 Å². The van der Waals surface area contributed by atoms with Crippen molar-refractivity contribution in [2.45, 2.75) is 25.3 Å². The monoisotopic (exact) mass is 441 g/mol. The number of hydrogen-bond acceptors (Lipinski definition) is 4. The largest absolute Gasteiger partial charge is 0.495 e. The SMILES string of the molecule is COc1ccc(N2C[C@H](C(=O)N3C[C@H]4C[C@@H](C3)c3cccc(=O)n3C4)CC2=O)cc1Cl. The molecule has 5 rings (SSSR count). The second kappa shape index (κ2) is 7.71. The number of carbonyl (C=O) groups is 2. The van der Waals surface area contributed by atoms with Gasteiger partial charge in [0, 0.05) is 56.0 Å². The summed E-state index contributed by atoms with van der Waals surface area (Å²) in [6, 6.07) is 10.6. The van der Waals surface area contributed by atoms with Crippen molar-refractivity contribution in [2.24, 2.45) is 11.8 Å². The second-order valence-electron chi connectivity index (χ2n) is 8.67. The number of amides is 2. The highest BCUT2D eigenvalue weighted by Crippen LogP contribution is 2.37. The first kappa shape index (κ1) is 20.1. The van der Waals surface area contributed by atoms with Gasteiger partial charge in [0.2, 0.25) is 11.8 Å². The molecule has 2 amide bonds. The van der Waals surface area contributed by atoms with Gasteiger partial charge in [-0.2, -0.15) is 0 Å². The molecular weight excluding hydrogens is 418 g/mol. The maximum absolute atomic E-state index is 13.3. The topological polar surface area (TPSA) is 71.8 Å². The van der Waals surface area contributed by atoms with E-state index in [0.717, 1.165) is 12.1 Å². The average molecular weight is 442 g/mol. The van der Waals surface area contributed by atoms with Gasteiger partial charge in [-0.1, -0.05) is 17.7 Å². The fourth-order valence-corrected chi connectivity index (χ4v) is 5.53. The number of methoxy groups -OCH3 is 1. The Kier molecular flexibility index (Phi) is 5.01. The number of ether oxygens (including phenoxy) is 1. The number of halogens is 1. The standard InChI is InChI=1S/C23H24ClN3O4/c1-31-20-6-5-17(9-18(20)24)26-13-16(8-22(26)29)23(30)25-10-14-7-15(12-25)19-3-2-4-21(28)27(19)11-14/h2-6,9,14-16H,7-8,10-13H2,1H3/t14-,15+,16-/m1/s1. The molecule has 2 aromatic rings. The molecule has 0 radical (unpaired) electrons. The van der Waals surface area contributed by atoms with E-state index in [1.807, 2.05) is 15.5 Å². The van der Waals surface area contributed by atoms with E-state index in [1.54, 1.807) is 42.3 Å². The number of nitrogens with zero attached hydrogens (tertiary/aromatic N) is 3. The highest BCUT2D eigenvalue weighted by Gasteiger charge is 2.41. The normalized spacial score (nSPS) is 24.8. The Morgan fingerprint density at radius 3 is 2.71 bits per heavy atom. The molecule has 8 heteroatoms. The lowest BCUT2D eigenvalue weighted by Crippen LogP contribution is -2.50. The van der Waals surface area contributed by atoms with E-state index in [0.29, 0.717) is 42.6 Å². The summed E-state index contributed by atoms with van der Waals surface area (Å²) in [6.45, 7) is 2.23. The smallest absolute Gasteiger partial charge is 0.250 e. The van der Waals surface area contributed by atoms with Gasteiger partial charge in [-0.25, -0.2) is 0 Å². The number of fused-ring (bicyclic) bond motifs is 4. The summed E-state index contributed by atoms with van der Waals surface area (Å²) in [5.41, 5.74) is 1.72. The first-order chi connectivity index (χ1) is 14.9. The van der Waals surface area contributed by atoms with Gasteiger partial charge >= 0.3 is 0 Å². The molecule has 3 aliphatic heterocycles. The summed E-state index contributed by atoms with van der Waals surface area (Å²) in [7, 11) is 1.54. The van der Waals surface area contributed by atoms with Gasteiger partial charge < -0.3 is 19.1 Å². The van der Waals surface area contributed by atoms with Crippen LogP contribution in [0.5, 0.6) is 5.75 Å². The van der Waals surface area contributed by atoms with Crippen LogP contribution in [0.15, 0.2) is 41.2 Å². The molecule has 31 heavy (non-hydrogen) atoms. The van der Waals surface area contributed by atoms with Crippen molar-refractivity contribution in [2.75, 3.05) is 31.6 Å². The lowest BCUT2D eigenvalue weighted by molar-refractivity contribution is -0.138. The van der Waals surface area contributed by atoms with Crippen LogP contribution in [0.3, 0.4) is 0 Å². The number of hydrogen-bond donors (Lipinski definition) is 0. The summed E-state index contributed by atoms with van der Waals surface area (Å²) in [5, 5.41) is 0.431. The third kappa shape index (κ3) is 3.51.